The van der Waals surface area contributed by atoms with E-state index in [-0.39, 0.29) is 5.92 Å². The highest BCUT2D eigenvalue weighted by molar-refractivity contribution is 9.10. The number of rotatable bonds is 11. The molecular formula is C30H40BrN3O4. The summed E-state index contributed by atoms with van der Waals surface area (Å²) in [5.74, 6) is 1.57. The molecule has 0 aliphatic heterocycles. The first kappa shape index (κ1) is 28.6. The lowest BCUT2D eigenvalue weighted by atomic mass is 9.69. The van der Waals surface area contributed by atoms with Gasteiger partial charge in [0.1, 0.15) is 5.60 Å². The summed E-state index contributed by atoms with van der Waals surface area (Å²) in [4.78, 5) is 11.5. The van der Waals surface area contributed by atoms with Crippen LogP contribution in [0.3, 0.4) is 0 Å². The zero-order valence-electron chi connectivity index (χ0n) is 23.2. The summed E-state index contributed by atoms with van der Waals surface area (Å²) in [7, 11) is 8.87. The molecule has 0 saturated heterocycles. The number of pyridine rings is 2. The maximum absolute atomic E-state index is 12.9. The highest BCUT2D eigenvalue weighted by atomic mass is 79.9. The second-order valence-corrected chi connectivity index (χ2v) is 11.5. The first-order valence-corrected chi connectivity index (χ1v) is 14.2. The topological polar surface area (TPSA) is 76.9 Å². The lowest BCUT2D eigenvalue weighted by Crippen LogP contribution is -2.39. The highest BCUT2D eigenvalue weighted by Crippen LogP contribution is 2.50. The van der Waals surface area contributed by atoms with E-state index >= 15 is 0 Å². The van der Waals surface area contributed by atoms with Gasteiger partial charge in [-0.3, -0.25) is 0 Å². The van der Waals surface area contributed by atoms with E-state index in [1.165, 1.54) is 19.3 Å². The van der Waals surface area contributed by atoms with Crippen molar-refractivity contribution in [3.8, 4) is 17.6 Å². The number of aromatic nitrogens is 2. The predicted octanol–water partition coefficient (Wildman–Crippen LogP) is 6.31. The zero-order chi connectivity index (χ0) is 27.3. The van der Waals surface area contributed by atoms with Crippen LogP contribution >= 0.6 is 15.9 Å². The van der Waals surface area contributed by atoms with Crippen LogP contribution in [0.4, 0.5) is 0 Å². The monoisotopic (exact) mass is 585 g/mol. The number of nitrogens with zero attached hydrogens (tertiary/aromatic N) is 3. The minimum absolute atomic E-state index is 0.291. The molecule has 0 amide bonds. The van der Waals surface area contributed by atoms with Gasteiger partial charge in [0, 0.05) is 39.5 Å². The summed E-state index contributed by atoms with van der Waals surface area (Å²) in [5.41, 5.74) is 1.12. The van der Waals surface area contributed by atoms with Crippen molar-refractivity contribution in [2.75, 3.05) is 42.0 Å². The molecular weight excluding hydrogens is 546 g/mol. The number of methoxy groups -OCH3 is 3. The zero-order valence-corrected chi connectivity index (χ0v) is 24.8. The predicted molar refractivity (Wildman–Crippen MR) is 154 cm³/mol. The molecule has 0 bridgehead atoms. The van der Waals surface area contributed by atoms with Crippen LogP contribution in [0.25, 0.3) is 10.9 Å². The van der Waals surface area contributed by atoms with Gasteiger partial charge in [0.2, 0.25) is 17.6 Å². The van der Waals surface area contributed by atoms with Crippen molar-refractivity contribution >= 4 is 26.8 Å². The molecule has 1 N–H and O–H groups in total. The van der Waals surface area contributed by atoms with E-state index in [0.29, 0.717) is 42.1 Å². The summed E-state index contributed by atoms with van der Waals surface area (Å²) in [6.07, 6.45) is 7.34. The molecule has 1 saturated carbocycles. The Hall–Kier alpha value is -2.42. The molecule has 1 fully saturated rings. The molecule has 7 nitrogen and oxygen atoms in total. The maximum Gasteiger partial charge on any atom is 0.222 e. The lowest BCUT2D eigenvalue weighted by molar-refractivity contribution is -0.0190. The molecule has 1 aromatic carbocycles. The Bertz CT molecular complexity index is 1230. The van der Waals surface area contributed by atoms with E-state index in [2.05, 4.69) is 37.9 Å². The van der Waals surface area contributed by atoms with Crippen molar-refractivity contribution in [2.45, 2.75) is 56.5 Å². The Balaban J connectivity index is 1.95. The summed E-state index contributed by atoms with van der Waals surface area (Å²) in [6, 6.07) is 11.9. The molecule has 0 radical (unpaired) electrons. The SMILES string of the molecule is COc1ccc(C(O)(CCN(C)C)C(CC2CCCCC2)c2cc3cc(Br)ccc3nc2OC)c(OC)n1. The van der Waals surface area contributed by atoms with Crippen molar-refractivity contribution in [1.82, 2.24) is 14.9 Å². The van der Waals surface area contributed by atoms with Crippen LogP contribution in [-0.4, -0.2) is 61.9 Å². The Labute approximate surface area is 234 Å². The van der Waals surface area contributed by atoms with Gasteiger partial charge in [-0.1, -0.05) is 48.0 Å². The Kier molecular flexibility index (Phi) is 9.50. The summed E-state index contributed by atoms with van der Waals surface area (Å²) < 4.78 is 18.0. The van der Waals surface area contributed by atoms with Crippen LogP contribution in [0, 0.1) is 5.92 Å². The first-order valence-electron chi connectivity index (χ1n) is 13.4. The first-order chi connectivity index (χ1) is 18.3. The third-order valence-corrected chi connectivity index (χ3v) is 8.35. The van der Waals surface area contributed by atoms with Crippen LogP contribution < -0.4 is 14.2 Å². The minimum atomic E-state index is -1.29. The summed E-state index contributed by atoms with van der Waals surface area (Å²) >= 11 is 3.61. The third-order valence-electron chi connectivity index (χ3n) is 7.85. The van der Waals surface area contributed by atoms with E-state index in [0.717, 1.165) is 40.2 Å². The molecule has 8 heteroatoms. The van der Waals surface area contributed by atoms with E-state index in [1.54, 1.807) is 27.4 Å². The fourth-order valence-electron chi connectivity index (χ4n) is 5.81. The number of aliphatic hydroxyl groups is 1. The Morgan fingerprint density at radius 2 is 1.71 bits per heavy atom. The second kappa shape index (κ2) is 12.6. The van der Waals surface area contributed by atoms with Crippen LogP contribution in [0.5, 0.6) is 17.6 Å². The molecule has 38 heavy (non-hydrogen) atoms. The number of hydrogen-bond acceptors (Lipinski definition) is 7. The van der Waals surface area contributed by atoms with Crippen molar-refractivity contribution in [3.05, 3.63) is 52.0 Å². The van der Waals surface area contributed by atoms with Crippen molar-refractivity contribution < 1.29 is 19.3 Å². The Morgan fingerprint density at radius 3 is 2.37 bits per heavy atom. The van der Waals surface area contributed by atoms with Crippen molar-refractivity contribution in [1.29, 1.82) is 0 Å². The fourth-order valence-corrected chi connectivity index (χ4v) is 6.19. The smallest absolute Gasteiger partial charge is 0.222 e. The number of ether oxygens (including phenoxy) is 3. The minimum Gasteiger partial charge on any atom is -0.481 e. The van der Waals surface area contributed by atoms with Crippen molar-refractivity contribution in [2.24, 2.45) is 5.92 Å². The molecule has 2 heterocycles. The van der Waals surface area contributed by atoms with Crippen LogP contribution in [-0.2, 0) is 5.60 Å². The molecule has 1 aliphatic rings. The van der Waals surface area contributed by atoms with Gasteiger partial charge in [-0.15, -0.1) is 0 Å². The molecule has 0 spiro atoms. The maximum atomic E-state index is 12.9. The quantitative estimate of drug-likeness (QED) is 0.282. The van der Waals surface area contributed by atoms with Crippen molar-refractivity contribution in [3.63, 3.8) is 0 Å². The molecule has 4 rings (SSSR count). The standard InChI is InChI=1S/C30H40BrN3O4/c1-34(2)16-15-30(35,24-12-14-27(36-3)33-29(24)38-5)25(17-20-9-7-6-8-10-20)23-19-21-18-22(31)11-13-26(21)32-28(23)37-4/h11-14,18-20,25,35H,6-10,15-17H2,1-5H3. The summed E-state index contributed by atoms with van der Waals surface area (Å²) in [6.45, 7) is 0.682. The van der Waals surface area contributed by atoms with Gasteiger partial charge in [-0.05, 0) is 63.2 Å². The van der Waals surface area contributed by atoms with Gasteiger partial charge in [0.05, 0.1) is 26.8 Å². The summed E-state index contributed by atoms with van der Waals surface area (Å²) in [5, 5.41) is 13.9. The van der Waals surface area contributed by atoms with E-state index < -0.39 is 5.60 Å². The molecule has 3 aromatic rings. The Morgan fingerprint density at radius 1 is 0.974 bits per heavy atom. The average molecular weight is 587 g/mol. The van der Waals surface area contributed by atoms with Gasteiger partial charge in [0.25, 0.3) is 0 Å². The highest BCUT2D eigenvalue weighted by Gasteiger charge is 2.44. The van der Waals surface area contributed by atoms with Crippen LogP contribution in [0.2, 0.25) is 0 Å². The third kappa shape index (κ3) is 6.24. The number of halogens is 1. The fraction of sp³-hybridized carbons (Fsp3) is 0.533. The van der Waals surface area contributed by atoms with E-state index in [4.69, 9.17) is 19.2 Å². The second-order valence-electron chi connectivity index (χ2n) is 10.6. The van der Waals surface area contributed by atoms with E-state index in [9.17, 15) is 5.11 Å². The van der Waals surface area contributed by atoms with Gasteiger partial charge in [0.15, 0.2) is 0 Å². The molecule has 2 unspecified atom stereocenters. The molecule has 2 aromatic heterocycles. The van der Waals surface area contributed by atoms with Gasteiger partial charge < -0.3 is 24.2 Å². The number of fused-ring (bicyclic) bond motifs is 1. The largest absolute Gasteiger partial charge is 0.481 e. The van der Waals surface area contributed by atoms with Crippen LogP contribution in [0.15, 0.2) is 40.9 Å². The van der Waals surface area contributed by atoms with Gasteiger partial charge in [-0.25, -0.2) is 4.98 Å². The average Bonchev–Trinajstić information content (AvgIpc) is 2.94. The number of hydrogen-bond donors (Lipinski definition) is 1. The normalized spacial score (nSPS) is 16.8. The van der Waals surface area contributed by atoms with Crippen LogP contribution in [0.1, 0.15) is 62.0 Å². The molecule has 2 atom stereocenters. The number of benzene rings is 1. The molecule has 1 aliphatic carbocycles. The van der Waals surface area contributed by atoms with Gasteiger partial charge >= 0.3 is 0 Å². The van der Waals surface area contributed by atoms with Gasteiger partial charge in [-0.2, -0.15) is 4.98 Å². The molecule has 206 valence electrons. The van der Waals surface area contributed by atoms with E-state index in [1.807, 2.05) is 32.3 Å². The lowest BCUT2D eigenvalue weighted by Gasteiger charge is -2.40.